The molecule has 5 nitrogen and oxygen atoms in total. The van der Waals surface area contributed by atoms with Gasteiger partial charge in [-0.15, -0.1) is 0 Å². The summed E-state index contributed by atoms with van der Waals surface area (Å²) in [5, 5.41) is 13.5. The molecule has 1 rings (SSSR count). The van der Waals surface area contributed by atoms with E-state index in [0.717, 1.165) is 11.1 Å². The molecule has 0 heterocycles. The highest BCUT2D eigenvalue weighted by molar-refractivity contribution is 6.41. The first kappa shape index (κ1) is 11.0. The lowest BCUT2D eigenvalue weighted by Gasteiger charge is -2.09. The van der Waals surface area contributed by atoms with Crippen LogP contribution in [0.25, 0.3) is 0 Å². The maximum atomic E-state index is 11.3. The lowest BCUT2D eigenvalue weighted by Crippen LogP contribution is -2.30. The lowest BCUT2D eigenvalue weighted by molar-refractivity contribution is -0.110. The third-order valence-corrected chi connectivity index (χ3v) is 2.19. The van der Waals surface area contributed by atoms with Gasteiger partial charge in [-0.2, -0.15) is 0 Å². The molecular formula is C10H13N3O2. The number of nitrogens with two attached hydrogens (primary N) is 1. The Bertz CT molecular complexity index is 413. The molecule has 0 fully saturated rings. The van der Waals surface area contributed by atoms with Gasteiger partial charge in [0.1, 0.15) is 0 Å². The molecule has 0 spiro atoms. The summed E-state index contributed by atoms with van der Waals surface area (Å²) in [5.74, 6) is -1.08. The molecule has 0 radical (unpaired) electrons. The van der Waals surface area contributed by atoms with Crippen molar-refractivity contribution >= 4 is 17.4 Å². The molecular weight excluding hydrogens is 194 g/mol. The Morgan fingerprint density at radius 1 is 1.47 bits per heavy atom. The van der Waals surface area contributed by atoms with E-state index >= 15 is 0 Å². The van der Waals surface area contributed by atoms with Gasteiger partial charge < -0.3 is 16.3 Å². The molecule has 0 saturated carbocycles. The Hall–Kier alpha value is -2.04. The molecule has 0 unspecified atom stereocenters. The summed E-state index contributed by atoms with van der Waals surface area (Å²) in [6.07, 6.45) is 0. The maximum Gasteiger partial charge on any atom is 0.294 e. The number of amides is 1. The predicted molar refractivity (Wildman–Crippen MR) is 58.0 cm³/mol. The van der Waals surface area contributed by atoms with Crippen molar-refractivity contribution in [1.29, 1.82) is 0 Å². The minimum Gasteiger partial charge on any atom is -0.409 e. The zero-order chi connectivity index (χ0) is 11.4. The lowest BCUT2D eigenvalue weighted by atomic mass is 10.1. The number of rotatable bonds is 1. The van der Waals surface area contributed by atoms with Gasteiger partial charge in [-0.1, -0.05) is 17.3 Å². The van der Waals surface area contributed by atoms with Gasteiger partial charge in [-0.25, -0.2) is 0 Å². The van der Waals surface area contributed by atoms with E-state index in [4.69, 9.17) is 10.9 Å². The van der Waals surface area contributed by atoms with Gasteiger partial charge in [-0.05, 0) is 31.0 Å². The molecule has 0 bridgehead atoms. The molecule has 4 N–H and O–H groups in total. The molecule has 15 heavy (non-hydrogen) atoms. The van der Waals surface area contributed by atoms with E-state index in [-0.39, 0.29) is 0 Å². The first-order valence-electron chi connectivity index (χ1n) is 4.41. The van der Waals surface area contributed by atoms with Crippen molar-refractivity contribution in [3.63, 3.8) is 0 Å². The first-order chi connectivity index (χ1) is 7.06. The number of nitrogens with one attached hydrogen (secondary N) is 1. The summed E-state index contributed by atoms with van der Waals surface area (Å²) >= 11 is 0. The number of anilines is 1. The summed E-state index contributed by atoms with van der Waals surface area (Å²) < 4.78 is 0. The van der Waals surface area contributed by atoms with Crippen LogP contribution in [0.5, 0.6) is 0 Å². The van der Waals surface area contributed by atoms with Crippen molar-refractivity contribution in [3.05, 3.63) is 29.3 Å². The number of nitrogens with zero attached hydrogens (tertiary/aromatic N) is 1. The summed E-state index contributed by atoms with van der Waals surface area (Å²) in [5.41, 5.74) is 7.82. The fourth-order valence-corrected chi connectivity index (χ4v) is 1.12. The number of benzene rings is 1. The monoisotopic (exact) mass is 207 g/mol. The standard InChI is InChI=1S/C10H13N3O2/c1-6-4-3-5-8(7(6)2)12-10(14)9(11)13-15/h3-5,15H,1-2H3,(H2,11,13)(H,12,14). The van der Waals surface area contributed by atoms with Crippen LogP contribution in [-0.4, -0.2) is 17.0 Å². The number of amidine groups is 1. The summed E-state index contributed by atoms with van der Waals surface area (Å²) in [6, 6.07) is 5.52. The molecule has 0 aliphatic carbocycles. The second kappa shape index (κ2) is 4.45. The quantitative estimate of drug-likeness (QED) is 0.278. The van der Waals surface area contributed by atoms with Crippen LogP contribution in [0.3, 0.4) is 0 Å². The largest absolute Gasteiger partial charge is 0.409 e. The van der Waals surface area contributed by atoms with Crippen LogP contribution in [0.4, 0.5) is 5.69 Å². The number of hydrogen-bond acceptors (Lipinski definition) is 3. The molecule has 80 valence electrons. The van der Waals surface area contributed by atoms with Crippen molar-refractivity contribution in [2.45, 2.75) is 13.8 Å². The highest BCUT2D eigenvalue weighted by Gasteiger charge is 2.09. The van der Waals surface area contributed by atoms with Gasteiger partial charge in [0, 0.05) is 5.69 Å². The van der Waals surface area contributed by atoms with Crippen LogP contribution in [0.2, 0.25) is 0 Å². The van der Waals surface area contributed by atoms with E-state index in [0.29, 0.717) is 5.69 Å². The summed E-state index contributed by atoms with van der Waals surface area (Å²) in [6.45, 7) is 3.83. The van der Waals surface area contributed by atoms with Gasteiger partial charge in [0.2, 0.25) is 5.84 Å². The Kier molecular flexibility index (Phi) is 3.28. The maximum absolute atomic E-state index is 11.3. The minimum absolute atomic E-state index is 0.462. The van der Waals surface area contributed by atoms with Gasteiger partial charge in [0.15, 0.2) is 0 Å². The zero-order valence-corrected chi connectivity index (χ0v) is 8.61. The van der Waals surface area contributed by atoms with Gasteiger partial charge in [0.05, 0.1) is 0 Å². The number of carbonyl (C=O) groups excluding carboxylic acids is 1. The highest BCUT2D eigenvalue weighted by atomic mass is 16.4. The fourth-order valence-electron chi connectivity index (χ4n) is 1.12. The van der Waals surface area contributed by atoms with Crippen LogP contribution in [0.15, 0.2) is 23.4 Å². The predicted octanol–water partition coefficient (Wildman–Crippen LogP) is 0.988. The highest BCUT2D eigenvalue weighted by Crippen LogP contribution is 2.17. The van der Waals surface area contributed by atoms with E-state index in [2.05, 4.69) is 10.5 Å². The summed E-state index contributed by atoms with van der Waals surface area (Å²) in [7, 11) is 0. The van der Waals surface area contributed by atoms with Gasteiger partial charge in [-0.3, -0.25) is 4.79 Å². The normalized spacial score (nSPS) is 11.2. The zero-order valence-electron chi connectivity index (χ0n) is 8.61. The van der Waals surface area contributed by atoms with Crippen LogP contribution in [0, 0.1) is 13.8 Å². The minimum atomic E-state index is -0.619. The van der Waals surface area contributed by atoms with Gasteiger partial charge in [0.25, 0.3) is 5.91 Å². The molecule has 1 aromatic rings. The number of aryl methyl sites for hydroxylation is 1. The average Bonchev–Trinajstić information content (AvgIpc) is 2.23. The second-order valence-electron chi connectivity index (χ2n) is 3.19. The number of oxime groups is 1. The van der Waals surface area contributed by atoms with E-state index in [9.17, 15) is 4.79 Å². The van der Waals surface area contributed by atoms with E-state index in [1.54, 1.807) is 6.07 Å². The Morgan fingerprint density at radius 2 is 2.13 bits per heavy atom. The van der Waals surface area contributed by atoms with Crippen LogP contribution in [-0.2, 0) is 4.79 Å². The van der Waals surface area contributed by atoms with Crippen molar-refractivity contribution < 1.29 is 10.0 Å². The molecule has 1 amide bonds. The molecule has 1 aromatic carbocycles. The van der Waals surface area contributed by atoms with Crippen molar-refractivity contribution in [2.24, 2.45) is 10.9 Å². The van der Waals surface area contributed by atoms with Crippen LogP contribution in [0.1, 0.15) is 11.1 Å². The third-order valence-electron chi connectivity index (χ3n) is 2.19. The molecule has 0 aliphatic heterocycles. The summed E-state index contributed by atoms with van der Waals surface area (Å²) in [4.78, 5) is 11.3. The van der Waals surface area contributed by atoms with Crippen molar-refractivity contribution in [2.75, 3.05) is 5.32 Å². The molecule has 5 heteroatoms. The van der Waals surface area contributed by atoms with Crippen molar-refractivity contribution in [3.8, 4) is 0 Å². The fraction of sp³-hybridized carbons (Fsp3) is 0.200. The second-order valence-corrected chi connectivity index (χ2v) is 3.19. The third kappa shape index (κ3) is 2.46. The Labute approximate surface area is 87.6 Å². The van der Waals surface area contributed by atoms with Crippen molar-refractivity contribution in [1.82, 2.24) is 0 Å². The smallest absolute Gasteiger partial charge is 0.294 e. The molecule has 0 aliphatic rings. The van der Waals surface area contributed by atoms with Crippen LogP contribution < -0.4 is 11.1 Å². The number of hydrogen-bond donors (Lipinski definition) is 3. The Balaban J connectivity index is 2.91. The van der Waals surface area contributed by atoms with E-state index in [1.165, 1.54) is 0 Å². The molecule has 0 atom stereocenters. The first-order valence-corrected chi connectivity index (χ1v) is 4.41. The average molecular weight is 207 g/mol. The SMILES string of the molecule is Cc1cccc(NC(=O)/C(N)=N\O)c1C. The topological polar surface area (TPSA) is 87.7 Å². The Morgan fingerprint density at radius 3 is 2.73 bits per heavy atom. The van der Waals surface area contributed by atoms with Crippen LogP contribution >= 0.6 is 0 Å². The number of carbonyl (C=O) groups is 1. The van der Waals surface area contributed by atoms with E-state index in [1.807, 2.05) is 26.0 Å². The molecule has 0 aromatic heterocycles. The molecule has 0 saturated heterocycles. The van der Waals surface area contributed by atoms with Gasteiger partial charge >= 0.3 is 0 Å². The van der Waals surface area contributed by atoms with E-state index < -0.39 is 11.7 Å².